The minimum absolute atomic E-state index is 0.167. The molecule has 0 bridgehead atoms. The van der Waals surface area contributed by atoms with E-state index in [1.807, 2.05) is 24.3 Å². The summed E-state index contributed by atoms with van der Waals surface area (Å²) in [6.07, 6.45) is 0. The minimum Gasteiger partial charge on any atom is -0.481 e. The van der Waals surface area contributed by atoms with E-state index in [0.29, 0.717) is 23.7 Å². The molecular formula is C15H18ClN3O2S. The fraction of sp³-hybridized carbons (Fsp3) is 0.333. The number of halogens is 1. The standard InChI is InChI=1S/C15H18ClN3O2S/c1-10-13(15(21-3)19(2)18-10)14(20)17-8-9-22-12-6-4-11(16)5-7-12/h4-7H,8-9H2,1-3H3,(H,17,20). The molecule has 1 amide bonds. The van der Waals surface area contributed by atoms with Crippen LogP contribution in [0.2, 0.25) is 5.02 Å². The van der Waals surface area contributed by atoms with Crippen LogP contribution in [0.25, 0.3) is 0 Å². The number of methoxy groups -OCH3 is 1. The van der Waals surface area contributed by atoms with Gasteiger partial charge in [-0.1, -0.05) is 11.6 Å². The molecule has 1 aromatic carbocycles. The minimum atomic E-state index is -0.167. The lowest BCUT2D eigenvalue weighted by Gasteiger charge is -2.07. The highest BCUT2D eigenvalue weighted by Gasteiger charge is 2.20. The van der Waals surface area contributed by atoms with Gasteiger partial charge in [-0.25, -0.2) is 4.68 Å². The highest BCUT2D eigenvalue weighted by molar-refractivity contribution is 7.99. The molecule has 1 aromatic heterocycles. The number of hydrogen-bond acceptors (Lipinski definition) is 4. The van der Waals surface area contributed by atoms with Crippen molar-refractivity contribution in [3.8, 4) is 5.88 Å². The Kier molecular flexibility index (Phi) is 5.74. The van der Waals surface area contributed by atoms with E-state index in [1.165, 1.54) is 7.11 Å². The molecule has 0 saturated carbocycles. The van der Waals surface area contributed by atoms with E-state index < -0.39 is 0 Å². The number of amides is 1. The molecule has 1 N–H and O–H groups in total. The number of rotatable bonds is 6. The number of hydrogen-bond donors (Lipinski definition) is 1. The van der Waals surface area contributed by atoms with Crippen LogP contribution in [0.4, 0.5) is 0 Å². The number of thioether (sulfide) groups is 1. The van der Waals surface area contributed by atoms with Crippen molar-refractivity contribution >= 4 is 29.3 Å². The van der Waals surface area contributed by atoms with E-state index in [4.69, 9.17) is 16.3 Å². The summed E-state index contributed by atoms with van der Waals surface area (Å²) in [5.41, 5.74) is 1.14. The number of nitrogens with one attached hydrogen (secondary N) is 1. The van der Waals surface area contributed by atoms with Gasteiger partial charge in [-0.05, 0) is 31.2 Å². The first-order valence-corrected chi connectivity index (χ1v) is 8.13. The fourth-order valence-corrected chi connectivity index (χ4v) is 2.98. The van der Waals surface area contributed by atoms with Gasteiger partial charge >= 0.3 is 0 Å². The highest BCUT2D eigenvalue weighted by Crippen LogP contribution is 2.21. The van der Waals surface area contributed by atoms with Crippen molar-refractivity contribution in [1.82, 2.24) is 15.1 Å². The zero-order valence-electron chi connectivity index (χ0n) is 12.7. The molecular weight excluding hydrogens is 322 g/mol. The SMILES string of the molecule is COc1c(C(=O)NCCSc2ccc(Cl)cc2)c(C)nn1C. The fourth-order valence-electron chi connectivity index (χ4n) is 2.09. The van der Waals surface area contributed by atoms with E-state index in [0.717, 1.165) is 15.7 Å². The second-order valence-corrected chi connectivity index (χ2v) is 6.26. The van der Waals surface area contributed by atoms with E-state index in [1.54, 1.807) is 30.4 Å². The summed E-state index contributed by atoms with van der Waals surface area (Å²) in [6, 6.07) is 7.63. The maximum atomic E-state index is 12.2. The predicted molar refractivity (Wildman–Crippen MR) is 89.0 cm³/mol. The molecule has 0 aliphatic carbocycles. The zero-order valence-corrected chi connectivity index (χ0v) is 14.3. The third kappa shape index (κ3) is 3.96. The van der Waals surface area contributed by atoms with Crippen LogP contribution < -0.4 is 10.1 Å². The van der Waals surface area contributed by atoms with Crippen LogP contribution in [0, 0.1) is 6.92 Å². The van der Waals surface area contributed by atoms with Crippen molar-refractivity contribution in [2.24, 2.45) is 7.05 Å². The van der Waals surface area contributed by atoms with Gasteiger partial charge in [0, 0.05) is 29.3 Å². The van der Waals surface area contributed by atoms with Gasteiger partial charge in [0.15, 0.2) is 0 Å². The third-order valence-corrected chi connectivity index (χ3v) is 4.33. The Morgan fingerprint density at radius 2 is 2.09 bits per heavy atom. The van der Waals surface area contributed by atoms with Crippen LogP contribution in [0.5, 0.6) is 5.88 Å². The van der Waals surface area contributed by atoms with Crippen LogP contribution in [0.3, 0.4) is 0 Å². The molecule has 7 heteroatoms. The normalized spacial score (nSPS) is 10.5. The number of carbonyl (C=O) groups excluding carboxylic acids is 1. The summed E-state index contributed by atoms with van der Waals surface area (Å²) in [5, 5.41) is 7.81. The van der Waals surface area contributed by atoms with Gasteiger partial charge in [0.2, 0.25) is 5.88 Å². The zero-order chi connectivity index (χ0) is 16.1. The lowest BCUT2D eigenvalue weighted by Crippen LogP contribution is -2.26. The molecule has 2 aromatic rings. The summed E-state index contributed by atoms with van der Waals surface area (Å²) in [4.78, 5) is 13.4. The Labute approximate surface area is 139 Å². The lowest BCUT2D eigenvalue weighted by molar-refractivity contribution is 0.0952. The molecule has 0 spiro atoms. The Hall–Kier alpha value is -1.66. The Morgan fingerprint density at radius 1 is 1.41 bits per heavy atom. The number of ether oxygens (including phenoxy) is 1. The molecule has 0 saturated heterocycles. The molecule has 118 valence electrons. The molecule has 0 aliphatic rings. The van der Waals surface area contributed by atoms with E-state index in [-0.39, 0.29) is 5.91 Å². The third-order valence-electron chi connectivity index (χ3n) is 3.06. The second-order valence-electron chi connectivity index (χ2n) is 4.65. The van der Waals surface area contributed by atoms with Crippen LogP contribution in [0.15, 0.2) is 29.2 Å². The van der Waals surface area contributed by atoms with Gasteiger partial charge in [0.25, 0.3) is 5.91 Å². The Morgan fingerprint density at radius 3 is 2.73 bits per heavy atom. The van der Waals surface area contributed by atoms with Gasteiger partial charge < -0.3 is 10.1 Å². The monoisotopic (exact) mass is 339 g/mol. The first-order chi connectivity index (χ1) is 10.5. The van der Waals surface area contributed by atoms with Crippen molar-refractivity contribution in [2.75, 3.05) is 19.4 Å². The van der Waals surface area contributed by atoms with Crippen LogP contribution in [-0.2, 0) is 7.05 Å². The van der Waals surface area contributed by atoms with Crippen LogP contribution in [0.1, 0.15) is 16.1 Å². The summed E-state index contributed by atoms with van der Waals surface area (Å²) in [7, 11) is 3.28. The summed E-state index contributed by atoms with van der Waals surface area (Å²) in [5.74, 6) is 1.08. The summed E-state index contributed by atoms with van der Waals surface area (Å²) >= 11 is 7.50. The van der Waals surface area contributed by atoms with Crippen molar-refractivity contribution in [2.45, 2.75) is 11.8 Å². The molecule has 5 nitrogen and oxygen atoms in total. The maximum Gasteiger partial charge on any atom is 0.258 e. The van der Waals surface area contributed by atoms with Gasteiger partial charge in [-0.2, -0.15) is 5.10 Å². The molecule has 2 rings (SSSR count). The van der Waals surface area contributed by atoms with Crippen molar-refractivity contribution < 1.29 is 9.53 Å². The average molecular weight is 340 g/mol. The van der Waals surface area contributed by atoms with Gasteiger partial charge in [0.1, 0.15) is 5.56 Å². The van der Waals surface area contributed by atoms with Crippen LogP contribution >= 0.6 is 23.4 Å². The Balaban J connectivity index is 1.87. The molecule has 0 radical (unpaired) electrons. The van der Waals surface area contributed by atoms with Gasteiger partial charge in [-0.15, -0.1) is 11.8 Å². The molecule has 0 unspecified atom stereocenters. The van der Waals surface area contributed by atoms with Crippen molar-refractivity contribution in [1.29, 1.82) is 0 Å². The smallest absolute Gasteiger partial charge is 0.258 e. The highest BCUT2D eigenvalue weighted by atomic mass is 35.5. The largest absolute Gasteiger partial charge is 0.481 e. The van der Waals surface area contributed by atoms with Crippen LogP contribution in [-0.4, -0.2) is 35.1 Å². The first kappa shape index (κ1) is 16.7. The second kappa shape index (κ2) is 7.56. The van der Waals surface area contributed by atoms with Crippen molar-refractivity contribution in [3.05, 3.63) is 40.5 Å². The van der Waals surface area contributed by atoms with Gasteiger partial charge in [-0.3, -0.25) is 4.79 Å². The average Bonchev–Trinajstić information content (AvgIpc) is 2.79. The summed E-state index contributed by atoms with van der Waals surface area (Å²) in [6.45, 7) is 2.35. The number of aryl methyl sites for hydroxylation is 2. The quantitative estimate of drug-likeness (QED) is 0.649. The number of aromatic nitrogens is 2. The van der Waals surface area contributed by atoms with Crippen molar-refractivity contribution in [3.63, 3.8) is 0 Å². The van der Waals surface area contributed by atoms with Gasteiger partial charge in [0.05, 0.1) is 12.8 Å². The first-order valence-electron chi connectivity index (χ1n) is 6.77. The lowest BCUT2D eigenvalue weighted by atomic mass is 10.2. The molecule has 0 atom stereocenters. The maximum absolute atomic E-state index is 12.2. The number of benzene rings is 1. The molecule has 1 heterocycles. The molecule has 22 heavy (non-hydrogen) atoms. The number of carbonyl (C=O) groups is 1. The Bertz CT molecular complexity index is 656. The van der Waals surface area contributed by atoms with E-state index >= 15 is 0 Å². The summed E-state index contributed by atoms with van der Waals surface area (Å²) < 4.78 is 6.79. The predicted octanol–water partition coefficient (Wildman–Crippen LogP) is 2.91. The van der Waals surface area contributed by atoms with E-state index in [9.17, 15) is 4.79 Å². The molecule has 0 fully saturated rings. The number of nitrogens with zero attached hydrogens (tertiary/aromatic N) is 2. The molecule has 0 aliphatic heterocycles. The van der Waals surface area contributed by atoms with E-state index in [2.05, 4.69) is 10.4 Å². The topological polar surface area (TPSA) is 56.1 Å².